The summed E-state index contributed by atoms with van der Waals surface area (Å²) >= 11 is 1.62. The standard InChI is InChI=1S/C28H35N5O3S/c1-20-21(2)30-28(37-19-22-5-7-23(8-6-22)27(34)29-13-18-35-3)31-26(20)33-16-14-32(15-17-33)24-9-11-25(36-4)12-10-24/h5-12H,13-19H2,1-4H3,(H,29,34). The van der Waals surface area contributed by atoms with Crippen LogP contribution in [0.25, 0.3) is 0 Å². The zero-order valence-electron chi connectivity index (χ0n) is 22.0. The van der Waals surface area contributed by atoms with Crippen LogP contribution >= 0.6 is 11.8 Å². The molecule has 4 rings (SSSR count). The Kier molecular flexibility index (Phi) is 9.24. The highest BCUT2D eigenvalue weighted by Crippen LogP contribution is 2.28. The second-order valence-electron chi connectivity index (χ2n) is 8.95. The van der Waals surface area contributed by atoms with Crippen LogP contribution in [0, 0.1) is 13.8 Å². The number of hydrogen-bond donors (Lipinski definition) is 1. The van der Waals surface area contributed by atoms with E-state index < -0.39 is 0 Å². The maximum absolute atomic E-state index is 12.2. The first-order valence-electron chi connectivity index (χ1n) is 12.5. The lowest BCUT2D eigenvalue weighted by molar-refractivity contribution is 0.0937. The molecule has 0 bridgehead atoms. The van der Waals surface area contributed by atoms with Crippen LogP contribution in [0.4, 0.5) is 11.5 Å². The quantitative estimate of drug-likeness (QED) is 0.243. The highest BCUT2D eigenvalue weighted by Gasteiger charge is 2.21. The van der Waals surface area contributed by atoms with Gasteiger partial charge in [0, 0.05) is 68.1 Å². The molecule has 0 atom stereocenters. The Balaban J connectivity index is 1.36. The molecule has 1 fully saturated rings. The first-order valence-corrected chi connectivity index (χ1v) is 13.4. The van der Waals surface area contributed by atoms with Gasteiger partial charge in [-0.15, -0.1) is 0 Å². The number of carbonyl (C=O) groups is 1. The van der Waals surface area contributed by atoms with Crippen molar-refractivity contribution in [1.29, 1.82) is 0 Å². The average molecular weight is 522 g/mol. The molecule has 1 amide bonds. The Morgan fingerprint density at radius 3 is 2.27 bits per heavy atom. The maximum atomic E-state index is 12.2. The number of anilines is 2. The van der Waals surface area contributed by atoms with Gasteiger partial charge in [-0.1, -0.05) is 23.9 Å². The topological polar surface area (TPSA) is 79.8 Å². The third-order valence-electron chi connectivity index (χ3n) is 6.54. The van der Waals surface area contributed by atoms with Crippen LogP contribution in [0.1, 0.15) is 27.2 Å². The number of carbonyl (C=O) groups excluding carboxylic acids is 1. The molecule has 0 unspecified atom stereocenters. The molecule has 37 heavy (non-hydrogen) atoms. The number of rotatable bonds is 10. The largest absolute Gasteiger partial charge is 0.497 e. The van der Waals surface area contributed by atoms with Gasteiger partial charge in [0.15, 0.2) is 5.16 Å². The van der Waals surface area contributed by atoms with Crippen molar-refractivity contribution >= 4 is 29.2 Å². The predicted octanol–water partition coefficient (Wildman–Crippen LogP) is 4.10. The summed E-state index contributed by atoms with van der Waals surface area (Å²) in [6.07, 6.45) is 0. The van der Waals surface area contributed by atoms with Crippen molar-refractivity contribution in [3.8, 4) is 5.75 Å². The Morgan fingerprint density at radius 1 is 0.946 bits per heavy atom. The van der Waals surface area contributed by atoms with Gasteiger partial charge in [-0.05, 0) is 55.8 Å². The molecular weight excluding hydrogens is 486 g/mol. The summed E-state index contributed by atoms with van der Waals surface area (Å²) in [5.41, 5.74) is 5.11. The highest BCUT2D eigenvalue weighted by atomic mass is 32.2. The zero-order chi connectivity index (χ0) is 26.2. The van der Waals surface area contributed by atoms with Crippen molar-refractivity contribution in [3.63, 3.8) is 0 Å². The smallest absolute Gasteiger partial charge is 0.251 e. The van der Waals surface area contributed by atoms with Crippen LogP contribution in [0.15, 0.2) is 53.7 Å². The molecule has 1 aliphatic heterocycles. The Bertz CT molecular complexity index is 1180. The number of piperazine rings is 1. The number of hydrogen-bond acceptors (Lipinski definition) is 8. The molecule has 3 aromatic rings. The SMILES string of the molecule is COCCNC(=O)c1ccc(CSc2nc(C)c(C)c(N3CCN(c4ccc(OC)cc4)CC3)n2)cc1. The normalized spacial score (nSPS) is 13.5. The number of nitrogens with one attached hydrogen (secondary N) is 1. The first-order chi connectivity index (χ1) is 18.0. The van der Waals surface area contributed by atoms with Gasteiger partial charge in [-0.25, -0.2) is 9.97 Å². The minimum absolute atomic E-state index is 0.0922. The van der Waals surface area contributed by atoms with E-state index in [9.17, 15) is 4.79 Å². The second kappa shape index (κ2) is 12.8. The van der Waals surface area contributed by atoms with E-state index in [0.29, 0.717) is 18.7 Å². The summed E-state index contributed by atoms with van der Waals surface area (Å²) in [5, 5.41) is 3.62. The molecule has 1 saturated heterocycles. The molecule has 1 N–H and O–H groups in total. The summed E-state index contributed by atoms with van der Waals surface area (Å²) in [6.45, 7) is 8.82. The van der Waals surface area contributed by atoms with Gasteiger partial charge in [-0.3, -0.25) is 4.79 Å². The monoisotopic (exact) mass is 521 g/mol. The minimum Gasteiger partial charge on any atom is -0.497 e. The fourth-order valence-corrected chi connectivity index (χ4v) is 5.04. The number of nitrogens with zero attached hydrogens (tertiary/aromatic N) is 4. The lowest BCUT2D eigenvalue weighted by Gasteiger charge is -2.37. The number of benzene rings is 2. The maximum Gasteiger partial charge on any atom is 0.251 e. The molecule has 9 heteroatoms. The number of methoxy groups -OCH3 is 2. The van der Waals surface area contributed by atoms with Crippen molar-refractivity contribution in [2.24, 2.45) is 0 Å². The van der Waals surface area contributed by atoms with Gasteiger partial charge in [0.2, 0.25) is 0 Å². The number of aryl methyl sites for hydroxylation is 1. The summed E-state index contributed by atoms with van der Waals surface area (Å²) in [7, 11) is 3.31. The number of thioether (sulfide) groups is 1. The van der Waals surface area contributed by atoms with E-state index in [4.69, 9.17) is 19.4 Å². The Labute approximate surface area is 223 Å². The fraction of sp³-hybridized carbons (Fsp3) is 0.393. The lowest BCUT2D eigenvalue weighted by Crippen LogP contribution is -2.47. The summed E-state index contributed by atoms with van der Waals surface area (Å²) in [6, 6.07) is 15.9. The third kappa shape index (κ3) is 6.93. The van der Waals surface area contributed by atoms with E-state index in [0.717, 1.165) is 65.5 Å². The molecule has 1 aliphatic rings. The molecule has 0 aliphatic carbocycles. The first kappa shape index (κ1) is 26.8. The summed E-state index contributed by atoms with van der Waals surface area (Å²) in [5.74, 6) is 2.54. The van der Waals surface area contributed by atoms with E-state index in [1.807, 2.05) is 36.4 Å². The summed E-state index contributed by atoms with van der Waals surface area (Å²) in [4.78, 5) is 26.6. The molecule has 8 nitrogen and oxygen atoms in total. The van der Waals surface area contributed by atoms with Crippen LogP contribution in [-0.4, -0.2) is 69.4 Å². The van der Waals surface area contributed by atoms with Gasteiger partial charge >= 0.3 is 0 Å². The molecule has 1 aromatic heterocycles. The van der Waals surface area contributed by atoms with Crippen molar-refractivity contribution in [2.75, 3.05) is 63.4 Å². The molecule has 196 valence electrons. The Morgan fingerprint density at radius 2 is 1.62 bits per heavy atom. The molecule has 0 saturated carbocycles. The van der Waals surface area contributed by atoms with Crippen LogP contribution in [0.3, 0.4) is 0 Å². The fourth-order valence-electron chi connectivity index (χ4n) is 4.20. The average Bonchev–Trinajstić information content (AvgIpc) is 2.94. The van der Waals surface area contributed by atoms with Crippen molar-refractivity contribution < 1.29 is 14.3 Å². The number of aromatic nitrogens is 2. The van der Waals surface area contributed by atoms with Gasteiger partial charge in [0.05, 0.1) is 13.7 Å². The molecule has 0 spiro atoms. The van der Waals surface area contributed by atoms with Crippen molar-refractivity contribution in [2.45, 2.75) is 24.8 Å². The third-order valence-corrected chi connectivity index (χ3v) is 7.45. The minimum atomic E-state index is -0.0922. The zero-order valence-corrected chi connectivity index (χ0v) is 22.8. The van der Waals surface area contributed by atoms with E-state index in [1.54, 1.807) is 26.0 Å². The van der Waals surface area contributed by atoms with E-state index >= 15 is 0 Å². The summed E-state index contributed by atoms with van der Waals surface area (Å²) < 4.78 is 10.3. The number of ether oxygens (including phenoxy) is 2. The predicted molar refractivity (Wildman–Crippen MR) is 149 cm³/mol. The van der Waals surface area contributed by atoms with Crippen LogP contribution < -0.4 is 19.9 Å². The number of amides is 1. The van der Waals surface area contributed by atoms with Crippen LogP contribution in [-0.2, 0) is 10.5 Å². The van der Waals surface area contributed by atoms with E-state index in [1.165, 1.54) is 5.69 Å². The van der Waals surface area contributed by atoms with Gasteiger partial charge in [0.1, 0.15) is 11.6 Å². The van der Waals surface area contributed by atoms with Gasteiger partial charge in [0.25, 0.3) is 5.91 Å². The van der Waals surface area contributed by atoms with E-state index in [2.05, 4.69) is 41.1 Å². The van der Waals surface area contributed by atoms with Gasteiger partial charge < -0.3 is 24.6 Å². The van der Waals surface area contributed by atoms with Gasteiger partial charge in [-0.2, -0.15) is 0 Å². The van der Waals surface area contributed by atoms with E-state index in [-0.39, 0.29) is 5.91 Å². The second-order valence-corrected chi connectivity index (χ2v) is 9.89. The molecule has 2 heterocycles. The molecule has 2 aromatic carbocycles. The lowest BCUT2D eigenvalue weighted by atomic mass is 10.1. The van der Waals surface area contributed by atoms with Crippen LogP contribution in [0.5, 0.6) is 5.75 Å². The van der Waals surface area contributed by atoms with Crippen molar-refractivity contribution in [3.05, 3.63) is 70.9 Å². The van der Waals surface area contributed by atoms with Crippen LogP contribution in [0.2, 0.25) is 0 Å². The van der Waals surface area contributed by atoms with Crippen molar-refractivity contribution in [1.82, 2.24) is 15.3 Å². The molecular formula is C28H35N5O3S. The highest BCUT2D eigenvalue weighted by molar-refractivity contribution is 7.98. The molecule has 0 radical (unpaired) electrons. The Hall–Kier alpha value is -3.30.